The Labute approximate surface area is 158 Å². The molecule has 2 amide bonds. The molecular formula is C20H25N5O2. The molecule has 0 bridgehead atoms. The molecule has 0 saturated carbocycles. The number of nitrogens with zero attached hydrogens (tertiary/aromatic N) is 4. The highest BCUT2D eigenvalue weighted by molar-refractivity contribution is 5.92. The largest absolute Gasteiger partial charge is 0.342 e. The van der Waals surface area contributed by atoms with Crippen molar-refractivity contribution in [2.75, 3.05) is 26.2 Å². The highest BCUT2D eigenvalue weighted by Gasteiger charge is 2.42. The van der Waals surface area contributed by atoms with Crippen LogP contribution in [0.3, 0.4) is 0 Å². The van der Waals surface area contributed by atoms with E-state index >= 15 is 0 Å². The third-order valence-corrected chi connectivity index (χ3v) is 5.79. The molecule has 27 heavy (non-hydrogen) atoms. The zero-order valence-corrected chi connectivity index (χ0v) is 15.4. The lowest BCUT2D eigenvalue weighted by Crippen LogP contribution is -2.55. The van der Waals surface area contributed by atoms with Crippen molar-refractivity contribution in [2.45, 2.75) is 32.1 Å². The van der Waals surface area contributed by atoms with Crippen LogP contribution < -0.4 is 0 Å². The van der Waals surface area contributed by atoms with Gasteiger partial charge in [-0.3, -0.25) is 19.7 Å². The number of aromatic amines is 1. The zero-order chi connectivity index (χ0) is 18.7. The molecule has 1 spiro atoms. The molecule has 7 nitrogen and oxygen atoms in total. The van der Waals surface area contributed by atoms with Gasteiger partial charge < -0.3 is 9.80 Å². The summed E-state index contributed by atoms with van der Waals surface area (Å²) in [6.45, 7) is 2.89. The molecule has 2 aromatic heterocycles. The molecule has 4 rings (SSSR count). The molecule has 4 heterocycles. The quantitative estimate of drug-likeness (QED) is 0.895. The van der Waals surface area contributed by atoms with Crippen LogP contribution in [0, 0.1) is 5.41 Å². The molecule has 7 heteroatoms. The van der Waals surface area contributed by atoms with Crippen LogP contribution >= 0.6 is 0 Å². The van der Waals surface area contributed by atoms with Crippen molar-refractivity contribution in [1.29, 1.82) is 0 Å². The molecule has 1 atom stereocenters. The Hall–Kier alpha value is -2.70. The summed E-state index contributed by atoms with van der Waals surface area (Å²) in [6, 6.07) is 7.59. The molecule has 1 N–H and O–H groups in total. The predicted molar refractivity (Wildman–Crippen MR) is 99.9 cm³/mol. The molecule has 2 fully saturated rings. The number of hydrogen-bond donors (Lipinski definition) is 1. The second kappa shape index (κ2) is 7.50. The fourth-order valence-corrected chi connectivity index (χ4v) is 4.36. The summed E-state index contributed by atoms with van der Waals surface area (Å²) >= 11 is 0. The summed E-state index contributed by atoms with van der Waals surface area (Å²) in [5, 5.41) is 6.65. The van der Waals surface area contributed by atoms with E-state index in [1.165, 1.54) is 0 Å². The second-order valence-electron chi connectivity index (χ2n) is 7.69. The first-order valence-corrected chi connectivity index (χ1v) is 9.62. The maximum Gasteiger partial charge on any atom is 0.271 e. The first-order valence-electron chi connectivity index (χ1n) is 9.62. The monoisotopic (exact) mass is 367 g/mol. The molecule has 0 aliphatic carbocycles. The van der Waals surface area contributed by atoms with E-state index in [2.05, 4.69) is 15.2 Å². The van der Waals surface area contributed by atoms with E-state index in [0.29, 0.717) is 25.2 Å². The SMILES string of the molecule is O=C1CC[C@@]2(CCCN(C(=O)c3ccn[nH]3)C2)CN1CCc1ccccn1. The number of amides is 2. The van der Waals surface area contributed by atoms with Gasteiger partial charge in [0.05, 0.1) is 0 Å². The van der Waals surface area contributed by atoms with Crippen LogP contribution in [0.5, 0.6) is 0 Å². The normalized spacial score (nSPS) is 23.0. The summed E-state index contributed by atoms with van der Waals surface area (Å²) < 4.78 is 0. The molecule has 2 aromatic rings. The van der Waals surface area contributed by atoms with Crippen LogP contribution in [0.25, 0.3) is 0 Å². The van der Waals surface area contributed by atoms with Gasteiger partial charge in [0.25, 0.3) is 5.91 Å². The average Bonchev–Trinajstić information content (AvgIpc) is 3.24. The van der Waals surface area contributed by atoms with Crippen LogP contribution in [-0.4, -0.2) is 63.0 Å². The Morgan fingerprint density at radius 3 is 2.89 bits per heavy atom. The minimum Gasteiger partial charge on any atom is -0.342 e. The minimum atomic E-state index is 0.00325. The highest BCUT2D eigenvalue weighted by atomic mass is 16.2. The maximum absolute atomic E-state index is 12.7. The number of carbonyl (C=O) groups excluding carboxylic acids is 2. The van der Waals surface area contributed by atoms with Crippen molar-refractivity contribution in [3.63, 3.8) is 0 Å². The third kappa shape index (κ3) is 3.86. The summed E-state index contributed by atoms with van der Waals surface area (Å²) in [5.41, 5.74) is 1.54. The lowest BCUT2D eigenvalue weighted by Gasteiger charge is -2.48. The Bertz CT molecular complexity index is 792. The van der Waals surface area contributed by atoms with Gasteiger partial charge in [0.1, 0.15) is 5.69 Å². The lowest BCUT2D eigenvalue weighted by molar-refractivity contribution is -0.138. The second-order valence-corrected chi connectivity index (χ2v) is 7.69. The van der Waals surface area contributed by atoms with Crippen molar-refractivity contribution in [3.05, 3.63) is 48.0 Å². The van der Waals surface area contributed by atoms with E-state index in [-0.39, 0.29) is 17.2 Å². The number of carbonyl (C=O) groups is 2. The van der Waals surface area contributed by atoms with E-state index in [1.54, 1.807) is 18.5 Å². The van der Waals surface area contributed by atoms with Gasteiger partial charge in [0, 0.05) is 62.5 Å². The van der Waals surface area contributed by atoms with Gasteiger partial charge in [-0.2, -0.15) is 5.10 Å². The van der Waals surface area contributed by atoms with Crippen molar-refractivity contribution in [2.24, 2.45) is 5.41 Å². The number of hydrogen-bond acceptors (Lipinski definition) is 4. The number of likely N-dealkylation sites (tertiary alicyclic amines) is 2. The average molecular weight is 367 g/mol. The van der Waals surface area contributed by atoms with Gasteiger partial charge >= 0.3 is 0 Å². The Balaban J connectivity index is 1.42. The van der Waals surface area contributed by atoms with Crippen LogP contribution in [0.1, 0.15) is 41.9 Å². The molecule has 2 aliphatic heterocycles. The van der Waals surface area contributed by atoms with Crippen LogP contribution in [-0.2, 0) is 11.2 Å². The van der Waals surface area contributed by atoms with E-state index in [9.17, 15) is 9.59 Å². The first-order chi connectivity index (χ1) is 13.2. The van der Waals surface area contributed by atoms with Crippen LogP contribution in [0.15, 0.2) is 36.7 Å². The summed E-state index contributed by atoms with van der Waals surface area (Å²) in [7, 11) is 0. The Kier molecular flexibility index (Phi) is 4.92. The van der Waals surface area contributed by atoms with Crippen molar-refractivity contribution < 1.29 is 9.59 Å². The summed E-state index contributed by atoms with van der Waals surface area (Å²) in [6.07, 6.45) is 7.61. The molecule has 0 unspecified atom stereocenters. The Morgan fingerprint density at radius 1 is 1.19 bits per heavy atom. The molecule has 0 aromatic carbocycles. The van der Waals surface area contributed by atoms with E-state index in [0.717, 1.165) is 44.5 Å². The third-order valence-electron chi connectivity index (χ3n) is 5.79. The smallest absolute Gasteiger partial charge is 0.271 e. The molecular weight excluding hydrogens is 342 g/mol. The maximum atomic E-state index is 12.7. The van der Waals surface area contributed by atoms with Gasteiger partial charge in [-0.1, -0.05) is 6.07 Å². The molecule has 2 aliphatic rings. The number of H-pyrrole nitrogens is 1. The predicted octanol–water partition coefficient (Wildman–Crippen LogP) is 1.89. The summed E-state index contributed by atoms with van der Waals surface area (Å²) in [5.74, 6) is 0.220. The standard InChI is InChI=1S/C20H25N5O2/c26-18-5-9-20(14-24(18)13-7-16-4-1-2-10-21-16)8-3-12-25(15-20)19(27)17-6-11-22-23-17/h1-2,4,6,10-11H,3,5,7-9,12-15H2,(H,22,23)/t20-/m0/s1. The number of piperidine rings is 2. The van der Waals surface area contributed by atoms with Crippen molar-refractivity contribution in [1.82, 2.24) is 25.0 Å². The van der Waals surface area contributed by atoms with Crippen molar-refractivity contribution >= 4 is 11.8 Å². The number of pyridine rings is 1. The summed E-state index contributed by atoms with van der Waals surface area (Å²) in [4.78, 5) is 33.4. The number of rotatable bonds is 4. The number of nitrogens with one attached hydrogen (secondary N) is 1. The topological polar surface area (TPSA) is 82.2 Å². The first kappa shape index (κ1) is 17.7. The minimum absolute atomic E-state index is 0.00325. The molecule has 0 radical (unpaired) electrons. The highest BCUT2D eigenvalue weighted by Crippen LogP contribution is 2.39. The Morgan fingerprint density at radius 2 is 2.11 bits per heavy atom. The van der Waals surface area contributed by atoms with E-state index < -0.39 is 0 Å². The van der Waals surface area contributed by atoms with Crippen LogP contribution in [0.4, 0.5) is 0 Å². The molecule has 2 saturated heterocycles. The van der Waals surface area contributed by atoms with E-state index in [4.69, 9.17) is 0 Å². The van der Waals surface area contributed by atoms with Crippen LogP contribution in [0.2, 0.25) is 0 Å². The fourth-order valence-electron chi connectivity index (χ4n) is 4.36. The fraction of sp³-hybridized carbons (Fsp3) is 0.500. The molecule has 142 valence electrons. The van der Waals surface area contributed by atoms with Crippen molar-refractivity contribution in [3.8, 4) is 0 Å². The van der Waals surface area contributed by atoms with Gasteiger partial charge in [-0.15, -0.1) is 0 Å². The van der Waals surface area contributed by atoms with Gasteiger partial charge in [0.15, 0.2) is 0 Å². The van der Waals surface area contributed by atoms with E-state index in [1.807, 2.05) is 28.0 Å². The zero-order valence-electron chi connectivity index (χ0n) is 15.4. The van der Waals surface area contributed by atoms with Gasteiger partial charge in [0.2, 0.25) is 5.91 Å². The lowest BCUT2D eigenvalue weighted by atomic mass is 9.73. The van der Waals surface area contributed by atoms with Gasteiger partial charge in [-0.25, -0.2) is 0 Å². The van der Waals surface area contributed by atoms with Gasteiger partial charge in [-0.05, 0) is 37.5 Å². The number of aromatic nitrogens is 3.